The van der Waals surface area contributed by atoms with Gasteiger partial charge in [0.15, 0.2) is 6.10 Å². The number of unbranched alkanes of at least 4 members (excludes halogenated alkanes) is 2. The predicted octanol–water partition coefficient (Wildman–Crippen LogP) is 19.1. The topological polar surface area (TPSA) is 80.8 Å². The largest absolute Gasteiger partial charge is 0.464 e. The third-order valence-corrected chi connectivity index (χ3v) is 14.3. The van der Waals surface area contributed by atoms with Crippen molar-refractivity contribution in [2.45, 2.75) is 217 Å². The second-order valence-corrected chi connectivity index (χ2v) is 25.6. The summed E-state index contributed by atoms with van der Waals surface area (Å²) in [6, 6.07) is 53.3. The quantitative estimate of drug-likeness (QED) is 0.0246. The number of hydroxylamine groups is 4. The lowest BCUT2D eigenvalue weighted by Crippen LogP contribution is -2.49. The molecule has 0 amide bonds. The summed E-state index contributed by atoms with van der Waals surface area (Å²) in [5, 5.41) is 4.21. The molecule has 0 spiro atoms. The summed E-state index contributed by atoms with van der Waals surface area (Å²) in [5.74, 6) is 0.890. The Kier molecular flexibility index (Phi) is 32.8. The zero-order valence-corrected chi connectivity index (χ0v) is 54.7. The number of benzene rings is 5. The summed E-state index contributed by atoms with van der Waals surface area (Å²) in [6.45, 7) is 45.9. The Labute approximate surface area is 500 Å². The van der Waals surface area contributed by atoms with E-state index in [2.05, 4.69) is 274 Å². The fraction of sp³-hybridized carbons (Fsp3) is 0.534. The molecule has 0 heterocycles. The zero-order valence-electron chi connectivity index (χ0n) is 54.7. The van der Waals surface area contributed by atoms with Crippen molar-refractivity contribution in [3.63, 3.8) is 0 Å². The molecule has 0 saturated carbocycles. The molecule has 9 heteroatoms. The summed E-state index contributed by atoms with van der Waals surface area (Å²) in [4.78, 5) is 39.2. The van der Waals surface area contributed by atoms with Gasteiger partial charge in [0, 0.05) is 28.7 Å². The van der Waals surface area contributed by atoms with Gasteiger partial charge in [-0.2, -0.15) is 10.1 Å². The number of carbonyl (C=O) groups is 2. The van der Waals surface area contributed by atoms with E-state index >= 15 is 0 Å². The molecule has 0 aliphatic rings. The minimum atomic E-state index is -0.679. The van der Waals surface area contributed by atoms with Crippen LogP contribution in [0.4, 0.5) is 0 Å². The summed E-state index contributed by atoms with van der Waals surface area (Å²) in [7, 11) is 2.22. The Bertz CT molecular complexity index is 2450. The van der Waals surface area contributed by atoms with Gasteiger partial charge in [-0.3, -0.25) is 14.6 Å². The van der Waals surface area contributed by atoms with Crippen molar-refractivity contribution in [1.82, 2.24) is 15.0 Å². The lowest BCUT2D eigenvalue weighted by molar-refractivity contribution is -0.275. The van der Waals surface area contributed by atoms with E-state index in [-0.39, 0.29) is 58.6 Å². The van der Waals surface area contributed by atoms with E-state index in [9.17, 15) is 9.59 Å². The van der Waals surface area contributed by atoms with Gasteiger partial charge < -0.3 is 9.47 Å². The lowest BCUT2D eigenvalue weighted by atomic mass is 9.91. The molecule has 5 rings (SSSR count). The average molecular weight is 1130 g/mol. The van der Waals surface area contributed by atoms with Crippen LogP contribution in [0.2, 0.25) is 0 Å². The van der Waals surface area contributed by atoms with Gasteiger partial charge >= 0.3 is 11.9 Å². The molecule has 0 saturated heterocycles. The first-order chi connectivity index (χ1) is 38.6. The second-order valence-electron chi connectivity index (χ2n) is 25.6. The molecular weight excluding hydrogens is 1010 g/mol. The van der Waals surface area contributed by atoms with E-state index in [1.165, 1.54) is 33.9 Å². The molecule has 0 fully saturated rings. The number of rotatable bonds is 25. The standard InChI is InChI=1S/C29H43NO3.C22H31NO.C15H25N.C7H12O2/c1-8-9-20-32-28(31)26(21-23(4)24-16-12-10-13-17-24)33-30(29(5,6)7)27(22(2)3)25-18-14-11-15-19-25;1-17(2)21(20-15-11-8-12-16-20)23(22(4,5)6)24-18(3)19-13-9-7-10-14-19;1-12(2)14(16(6)15(3,4)5)13-10-8-7-9-11-13;1-3-5-6-9-7(8)4-2/h10-19,22-23,26-27H,8-9,20-21H2,1-7H3;7-18,21H,1-6H3;7-12,14H,1-6H3;4H,2-3,5-6H2,1H3. The molecule has 0 N–H and O–H groups in total. The molecule has 9 nitrogen and oxygen atoms in total. The van der Waals surface area contributed by atoms with Gasteiger partial charge in [0.25, 0.3) is 0 Å². The van der Waals surface area contributed by atoms with Crippen LogP contribution < -0.4 is 0 Å². The number of carbonyl (C=O) groups excluding carboxylic acids is 2. The van der Waals surface area contributed by atoms with E-state index in [0.717, 1.165) is 25.7 Å². The van der Waals surface area contributed by atoms with E-state index in [1.54, 1.807) is 0 Å². The molecule has 0 aromatic heterocycles. The number of ether oxygens (including phenoxy) is 2. The van der Waals surface area contributed by atoms with Gasteiger partial charge in [0.05, 0.1) is 25.3 Å². The lowest BCUT2D eigenvalue weighted by Gasteiger charge is -2.44. The van der Waals surface area contributed by atoms with Crippen LogP contribution >= 0.6 is 0 Å². The summed E-state index contributed by atoms with van der Waals surface area (Å²) < 4.78 is 10.3. The Hall–Kier alpha value is -5.42. The van der Waals surface area contributed by atoms with Crippen LogP contribution in [0.1, 0.15) is 222 Å². The molecule has 82 heavy (non-hydrogen) atoms. The smallest absolute Gasteiger partial charge is 0.337 e. The van der Waals surface area contributed by atoms with Crippen LogP contribution in [0.5, 0.6) is 0 Å². The van der Waals surface area contributed by atoms with Crippen molar-refractivity contribution >= 4 is 11.9 Å². The maximum Gasteiger partial charge on any atom is 0.337 e. The Morgan fingerprint density at radius 1 is 0.463 bits per heavy atom. The molecule has 5 aromatic rings. The third-order valence-electron chi connectivity index (χ3n) is 14.3. The molecule has 454 valence electrons. The van der Waals surface area contributed by atoms with E-state index in [4.69, 9.17) is 14.4 Å². The Balaban J connectivity index is 0.000000409. The predicted molar refractivity (Wildman–Crippen MR) is 345 cm³/mol. The molecular formula is C73H111N3O6. The van der Waals surface area contributed by atoms with Gasteiger partial charge in [-0.15, -0.1) is 0 Å². The zero-order chi connectivity index (χ0) is 61.6. The van der Waals surface area contributed by atoms with Crippen molar-refractivity contribution in [2.24, 2.45) is 17.8 Å². The molecule has 0 radical (unpaired) electrons. The molecule has 5 aromatic carbocycles. The molecule has 0 aliphatic carbocycles. The first-order valence-electron chi connectivity index (χ1n) is 30.5. The summed E-state index contributed by atoms with van der Waals surface area (Å²) in [6.07, 6.45) is 4.88. The normalized spacial score (nSPS) is 14.1. The monoisotopic (exact) mass is 1130 g/mol. The van der Waals surface area contributed by atoms with Crippen molar-refractivity contribution in [2.75, 3.05) is 20.3 Å². The van der Waals surface area contributed by atoms with Crippen LogP contribution in [0, 0.1) is 17.8 Å². The molecule has 6 unspecified atom stereocenters. The van der Waals surface area contributed by atoms with Gasteiger partial charge in [0.2, 0.25) is 0 Å². The number of nitrogens with zero attached hydrogens (tertiary/aromatic N) is 3. The van der Waals surface area contributed by atoms with Crippen molar-refractivity contribution in [1.29, 1.82) is 0 Å². The van der Waals surface area contributed by atoms with Crippen LogP contribution in [-0.2, 0) is 28.7 Å². The van der Waals surface area contributed by atoms with Gasteiger partial charge in [-0.1, -0.05) is 233 Å². The van der Waals surface area contributed by atoms with Crippen molar-refractivity contribution in [3.8, 4) is 0 Å². The minimum Gasteiger partial charge on any atom is -0.464 e. The SMILES string of the molecule is C=CC(=O)OCCCC.CC(C)C(c1ccccc1)N(C)C(C)(C)C.CC(ON(C(c1ccccc1)C(C)C)C(C)(C)C)c1ccccc1.CCCCOC(=O)C(CC(C)c1ccccc1)ON(C(c1ccccc1)C(C)C)C(C)(C)C. The van der Waals surface area contributed by atoms with Crippen LogP contribution in [0.3, 0.4) is 0 Å². The molecule has 0 bridgehead atoms. The van der Waals surface area contributed by atoms with Crippen LogP contribution in [0.15, 0.2) is 164 Å². The second kappa shape index (κ2) is 37.0. The van der Waals surface area contributed by atoms with Gasteiger partial charge in [-0.05, 0) is 147 Å². The Morgan fingerprint density at radius 3 is 1.12 bits per heavy atom. The average Bonchev–Trinajstić information content (AvgIpc) is 3.62. The number of hydrogen-bond donors (Lipinski definition) is 0. The van der Waals surface area contributed by atoms with Crippen LogP contribution in [0.25, 0.3) is 0 Å². The Morgan fingerprint density at radius 2 is 0.793 bits per heavy atom. The van der Waals surface area contributed by atoms with E-state index in [1.807, 2.05) is 42.3 Å². The van der Waals surface area contributed by atoms with E-state index in [0.29, 0.717) is 37.5 Å². The molecule has 6 atom stereocenters. The van der Waals surface area contributed by atoms with Gasteiger partial charge in [0.1, 0.15) is 6.10 Å². The maximum absolute atomic E-state index is 13.2. The minimum absolute atomic E-state index is 0.00386. The number of hydrogen-bond acceptors (Lipinski definition) is 9. The maximum atomic E-state index is 13.2. The van der Waals surface area contributed by atoms with E-state index < -0.39 is 6.10 Å². The highest BCUT2D eigenvalue weighted by Crippen LogP contribution is 2.39. The van der Waals surface area contributed by atoms with Gasteiger partial charge in [-0.25, -0.2) is 9.59 Å². The highest BCUT2D eigenvalue weighted by molar-refractivity contribution is 5.81. The molecule has 0 aliphatic heterocycles. The van der Waals surface area contributed by atoms with Crippen molar-refractivity contribution < 1.29 is 28.7 Å². The first-order valence-corrected chi connectivity index (χ1v) is 30.5. The third kappa shape index (κ3) is 26.0. The number of esters is 2. The fourth-order valence-corrected chi connectivity index (χ4v) is 9.59. The highest BCUT2D eigenvalue weighted by Gasteiger charge is 2.39. The van der Waals surface area contributed by atoms with Crippen LogP contribution in [-0.4, -0.2) is 69.9 Å². The van der Waals surface area contributed by atoms with Crippen molar-refractivity contribution in [3.05, 3.63) is 192 Å². The summed E-state index contributed by atoms with van der Waals surface area (Å²) in [5.41, 5.74) is 6.05. The highest BCUT2D eigenvalue weighted by atomic mass is 16.7. The first kappa shape index (κ1) is 72.7. The fourth-order valence-electron chi connectivity index (χ4n) is 9.59. The summed E-state index contributed by atoms with van der Waals surface area (Å²) >= 11 is 0.